The topological polar surface area (TPSA) is 18.5 Å². The van der Waals surface area contributed by atoms with Gasteiger partial charge in [-0.15, -0.1) is 13.2 Å². The number of rotatable bonds is 8. The van der Waals surface area contributed by atoms with Gasteiger partial charge in [0.2, 0.25) is 0 Å². The van der Waals surface area contributed by atoms with Crippen LogP contribution in [0.2, 0.25) is 0 Å². The van der Waals surface area contributed by atoms with E-state index in [1.807, 2.05) is 36.4 Å². The molecule has 92 valence electrons. The molecule has 0 spiro atoms. The zero-order valence-corrected chi connectivity index (χ0v) is 10.4. The second-order valence-corrected chi connectivity index (χ2v) is 3.89. The molecule has 0 amide bonds. The van der Waals surface area contributed by atoms with Gasteiger partial charge in [0.15, 0.2) is 0 Å². The summed E-state index contributed by atoms with van der Waals surface area (Å²) in [4.78, 5) is 0. The van der Waals surface area contributed by atoms with Crippen molar-refractivity contribution in [3.05, 3.63) is 61.2 Å². The minimum absolute atomic E-state index is 0.466. The third-order valence-electron chi connectivity index (χ3n) is 2.63. The van der Waals surface area contributed by atoms with Crippen molar-refractivity contribution in [1.82, 2.24) is 0 Å². The molecule has 0 aromatic heterocycles. The lowest BCUT2D eigenvalue weighted by molar-refractivity contribution is -0.0825. The lowest BCUT2D eigenvalue weighted by atomic mass is 9.91. The minimum Gasteiger partial charge on any atom is -0.381 e. The van der Waals surface area contributed by atoms with Gasteiger partial charge < -0.3 is 9.47 Å². The first-order valence-corrected chi connectivity index (χ1v) is 5.69. The van der Waals surface area contributed by atoms with Gasteiger partial charge in [-0.05, 0) is 5.56 Å². The van der Waals surface area contributed by atoms with Gasteiger partial charge in [-0.1, -0.05) is 42.5 Å². The Bertz CT molecular complexity index is 345. The molecule has 0 heterocycles. The smallest absolute Gasteiger partial charge is 0.120 e. The average Bonchev–Trinajstić information content (AvgIpc) is 2.37. The molecule has 1 aromatic rings. The van der Waals surface area contributed by atoms with E-state index in [0.29, 0.717) is 19.6 Å². The van der Waals surface area contributed by atoms with E-state index in [4.69, 9.17) is 9.47 Å². The van der Waals surface area contributed by atoms with Crippen LogP contribution in [0.15, 0.2) is 55.6 Å². The summed E-state index contributed by atoms with van der Waals surface area (Å²) >= 11 is 0. The summed E-state index contributed by atoms with van der Waals surface area (Å²) in [5, 5.41) is 0. The number of hydrogen-bond donors (Lipinski definition) is 0. The number of hydrogen-bond acceptors (Lipinski definition) is 2. The van der Waals surface area contributed by atoms with Crippen LogP contribution >= 0.6 is 0 Å². The maximum atomic E-state index is 5.93. The molecule has 17 heavy (non-hydrogen) atoms. The second kappa shape index (κ2) is 7.05. The Kier molecular flexibility index (Phi) is 5.67. The van der Waals surface area contributed by atoms with Crippen molar-refractivity contribution in [2.24, 2.45) is 0 Å². The first-order valence-electron chi connectivity index (χ1n) is 5.69. The van der Waals surface area contributed by atoms with Crippen LogP contribution in [0.3, 0.4) is 0 Å². The van der Waals surface area contributed by atoms with Gasteiger partial charge in [0.1, 0.15) is 5.60 Å². The Morgan fingerprint density at radius 2 is 1.88 bits per heavy atom. The van der Waals surface area contributed by atoms with Gasteiger partial charge in [0.25, 0.3) is 0 Å². The van der Waals surface area contributed by atoms with E-state index in [1.165, 1.54) is 0 Å². The monoisotopic (exact) mass is 232 g/mol. The molecule has 1 aromatic carbocycles. The van der Waals surface area contributed by atoms with Crippen molar-refractivity contribution < 1.29 is 9.47 Å². The largest absolute Gasteiger partial charge is 0.381 e. The van der Waals surface area contributed by atoms with E-state index >= 15 is 0 Å². The fraction of sp³-hybridized carbons (Fsp3) is 0.333. The van der Waals surface area contributed by atoms with E-state index in [0.717, 1.165) is 5.56 Å². The van der Waals surface area contributed by atoms with E-state index in [-0.39, 0.29) is 0 Å². The fourth-order valence-electron chi connectivity index (χ4n) is 1.87. The summed E-state index contributed by atoms with van der Waals surface area (Å²) in [5.74, 6) is 0. The highest BCUT2D eigenvalue weighted by Crippen LogP contribution is 2.30. The van der Waals surface area contributed by atoms with Crippen LogP contribution in [0.5, 0.6) is 0 Å². The maximum Gasteiger partial charge on any atom is 0.120 e. The Morgan fingerprint density at radius 3 is 2.41 bits per heavy atom. The van der Waals surface area contributed by atoms with Gasteiger partial charge in [-0.25, -0.2) is 0 Å². The quantitative estimate of drug-likeness (QED) is 0.640. The third-order valence-corrected chi connectivity index (χ3v) is 2.63. The lowest BCUT2D eigenvalue weighted by Gasteiger charge is -2.32. The molecule has 0 aliphatic rings. The summed E-state index contributed by atoms with van der Waals surface area (Å²) in [6.45, 7) is 8.48. The Labute approximate surface area is 104 Å². The van der Waals surface area contributed by atoms with Gasteiger partial charge in [0, 0.05) is 13.5 Å². The van der Waals surface area contributed by atoms with Gasteiger partial charge in [0.05, 0.1) is 13.2 Å². The van der Waals surface area contributed by atoms with Crippen molar-refractivity contribution in [2.75, 3.05) is 20.3 Å². The molecule has 2 nitrogen and oxygen atoms in total. The molecule has 0 aliphatic carbocycles. The lowest BCUT2D eigenvalue weighted by Crippen LogP contribution is -2.34. The van der Waals surface area contributed by atoms with Crippen LogP contribution in [-0.4, -0.2) is 20.3 Å². The normalized spacial score (nSPS) is 13.9. The first-order chi connectivity index (χ1) is 8.29. The molecule has 1 rings (SSSR count). The van der Waals surface area contributed by atoms with Crippen LogP contribution in [-0.2, 0) is 15.1 Å². The molecule has 0 N–H and O–H groups in total. The molecule has 0 saturated carbocycles. The molecule has 0 radical (unpaired) electrons. The number of ether oxygens (including phenoxy) is 2. The Hall–Kier alpha value is -1.38. The summed E-state index contributed by atoms with van der Waals surface area (Å²) in [6.07, 6.45) is 4.31. The summed E-state index contributed by atoms with van der Waals surface area (Å²) in [6, 6.07) is 10.1. The molecular formula is C15H20O2. The minimum atomic E-state index is -0.466. The van der Waals surface area contributed by atoms with Crippen LogP contribution in [0.1, 0.15) is 12.0 Å². The average molecular weight is 232 g/mol. The van der Waals surface area contributed by atoms with Crippen molar-refractivity contribution in [1.29, 1.82) is 0 Å². The zero-order chi connectivity index (χ0) is 12.6. The van der Waals surface area contributed by atoms with Crippen LogP contribution < -0.4 is 0 Å². The summed E-state index contributed by atoms with van der Waals surface area (Å²) in [5.41, 5.74) is 0.634. The molecule has 0 saturated heterocycles. The summed E-state index contributed by atoms with van der Waals surface area (Å²) in [7, 11) is 1.68. The molecule has 0 bridgehead atoms. The highest BCUT2D eigenvalue weighted by atomic mass is 16.5. The van der Waals surface area contributed by atoms with Crippen LogP contribution in [0.4, 0.5) is 0 Å². The molecule has 1 unspecified atom stereocenters. The van der Waals surface area contributed by atoms with Crippen molar-refractivity contribution >= 4 is 0 Å². The van der Waals surface area contributed by atoms with E-state index in [1.54, 1.807) is 13.2 Å². The highest BCUT2D eigenvalue weighted by molar-refractivity contribution is 5.24. The molecule has 0 fully saturated rings. The second-order valence-electron chi connectivity index (χ2n) is 3.89. The SMILES string of the molecule is C=CCOC(CC=C)(COC)c1ccccc1. The maximum absolute atomic E-state index is 5.93. The van der Waals surface area contributed by atoms with Crippen molar-refractivity contribution in [3.63, 3.8) is 0 Å². The molecular weight excluding hydrogens is 212 g/mol. The van der Waals surface area contributed by atoms with Gasteiger partial charge >= 0.3 is 0 Å². The predicted molar refractivity (Wildman–Crippen MR) is 71.0 cm³/mol. The zero-order valence-electron chi connectivity index (χ0n) is 10.4. The van der Waals surface area contributed by atoms with E-state index < -0.39 is 5.60 Å². The van der Waals surface area contributed by atoms with Gasteiger partial charge in [-0.2, -0.15) is 0 Å². The van der Waals surface area contributed by atoms with E-state index in [2.05, 4.69) is 13.2 Å². The standard InChI is InChI=1S/C15H20O2/c1-4-11-15(13-16-3,17-12-5-2)14-9-7-6-8-10-14/h4-10H,1-2,11-13H2,3H3. The van der Waals surface area contributed by atoms with Crippen LogP contribution in [0.25, 0.3) is 0 Å². The fourth-order valence-corrected chi connectivity index (χ4v) is 1.87. The third kappa shape index (κ3) is 3.55. The van der Waals surface area contributed by atoms with Gasteiger partial charge in [-0.3, -0.25) is 0 Å². The molecule has 2 heteroatoms. The first kappa shape index (κ1) is 13.7. The number of methoxy groups -OCH3 is 1. The highest BCUT2D eigenvalue weighted by Gasteiger charge is 2.31. The van der Waals surface area contributed by atoms with Crippen molar-refractivity contribution in [2.45, 2.75) is 12.0 Å². The molecule has 0 aliphatic heterocycles. The molecule has 1 atom stereocenters. The Balaban J connectivity index is 3.03. The Morgan fingerprint density at radius 1 is 1.18 bits per heavy atom. The predicted octanol–water partition coefficient (Wildman–Crippen LogP) is 3.31. The van der Waals surface area contributed by atoms with Crippen LogP contribution in [0, 0.1) is 0 Å². The number of benzene rings is 1. The van der Waals surface area contributed by atoms with E-state index in [9.17, 15) is 0 Å². The van der Waals surface area contributed by atoms with Crippen molar-refractivity contribution in [3.8, 4) is 0 Å². The summed E-state index contributed by atoms with van der Waals surface area (Å²) < 4.78 is 11.2.